The van der Waals surface area contributed by atoms with Crippen molar-refractivity contribution < 1.29 is 35.9 Å². The molecule has 35 heavy (non-hydrogen) atoms. The first-order chi connectivity index (χ1) is 16.4. The Morgan fingerprint density at radius 2 is 1.74 bits per heavy atom. The van der Waals surface area contributed by atoms with E-state index in [1.54, 1.807) is 13.1 Å². The number of imidazole rings is 1. The van der Waals surface area contributed by atoms with E-state index < -0.39 is 47.6 Å². The maximum Gasteiger partial charge on any atom is 0.437 e. The minimum atomic E-state index is -5.18. The van der Waals surface area contributed by atoms with Crippen LogP contribution in [0.25, 0.3) is 5.69 Å². The average molecular weight is 501 g/mol. The number of rotatable bonds is 5. The topological polar surface area (TPSA) is 82.3 Å². The molecule has 1 aliphatic rings. The number of aryl methyl sites for hydroxylation is 1. The summed E-state index contributed by atoms with van der Waals surface area (Å²) in [6, 6.07) is 3.86. The molecule has 1 amide bonds. The molecule has 14 heteroatoms. The van der Waals surface area contributed by atoms with Crippen LogP contribution in [0, 0.1) is 6.92 Å². The van der Waals surface area contributed by atoms with E-state index in [-0.39, 0.29) is 25.3 Å². The van der Waals surface area contributed by atoms with Gasteiger partial charge in [-0.1, -0.05) is 0 Å². The average Bonchev–Trinajstić information content (AvgIpc) is 3.20. The third-order valence-corrected chi connectivity index (χ3v) is 5.28. The maximum absolute atomic E-state index is 13.2. The lowest BCUT2D eigenvalue weighted by atomic mass is 10.2. The highest BCUT2D eigenvalue weighted by Crippen LogP contribution is 2.37. The molecule has 4 heterocycles. The standard InChI is InChI=1S/C21H17F6N5O3/c1-12-10-31(11-28-12)13-2-3-14-18(33)30(6-7-32(14)19(13)34)8-9-35-15-4-5-16(20(22,23)24)29-17(15)21(25,26)27/h2-5,10-11H,6-9H2,1H3. The predicted octanol–water partition coefficient (Wildman–Crippen LogP) is 3.31. The Labute approximate surface area is 193 Å². The molecule has 8 nitrogen and oxygen atoms in total. The zero-order chi connectivity index (χ0) is 25.5. The van der Waals surface area contributed by atoms with Crippen molar-refractivity contribution >= 4 is 5.91 Å². The number of amides is 1. The van der Waals surface area contributed by atoms with Crippen LogP contribution in [-0.4, -0.2) is 49.6 Å². The number of aromatic nitrogens is 4. The Morgan fingerprint density at radius 3 is 2.37 bits per heavy atom. The first kappa shape index (κ1) is 24.3. The summed E-state index contributed by atoms with van der Waals surface area (Å²) < 4.78 is 85.8. The molecule has 0 aromatic carbocycles. The van der Waals surface area contributed by atoms with Gasteiger partial charge in [-0.2, -0.15) is 26.3 Å². The van der Waals surface area contributed by atoms with Gasteiger partial charge in [0.15, 0.2) is 5.69 Å². The van der Waals surface area contributed by atoms with Crippen LogP contribution in [0.2, 0.25) is 0 Å². The van der Waals surface area contributed by atoms with Crippen molar-refractivity contribution in [3.63, 3.8) is 0 Å². The molecule has 3 aromatic heterocycles. The molecule has 0 unspecified atom stereocenters. The second-order valence-corrected chi connectivity index (χ2v) is 7.66. The molecular formula is C21H17F6N5O3. The van der Waals surface area contributed by atoms with Gasteiger partial charge in [0.05, 0.1) is 18.6 Å². The van der Waals surface area contributed by atoms with E-state index in [9.17, 15) is 35.9 Å². The van der Waals surface area contributed by atoms with E-state index in [2.05, 4.69) is 9.97 Å². The van der Waals surface area contributed by atoms with Crippen molar-refractivity contribution in [1.82, 2.24) is 24.0 Å². The fourth-order valence-electron chi connectivity index (χ4n) is 3.61. The molecule has 1 aliphatic heterocycles. The molecule has 0 saturated carbocycles. The van der Waals surface area contributed by atoms with Crippen molar-refractivity contribution in [3.8, 4) is 11.4 Å². The zero-order valence-electron chi connectivity index (χ0n) is 18.0. The van der Waals surface area contributed by atoms with Gasteiger partial charge in [-0.3, -0.25) is 9.59 Å². The van der Waals surface area contributed by atoms with E-state index in [0.29, 0.717) is 23.5 Å². The number of fused-ring (bicyclic) bond motifs is 1. The Balaban J connectivity index is 1.48. The summed E-state index contributed by atoms with van der Waals surface area (Å²) in [7, 11) is 0. The van der Waals surface area contributed by atoms with Crippen molar-refractivity contribution in [2.45, 2.75) is 25.8 Å². The molecular weight excluding hydrogens is 484 g/mol. The van der Waals surface area contributed by atoms with Gasteiger partial charge in [0.2, 0.25) is 0 Å². The summed E-state index contributed by atoms with van der Waals surface area (Å²) in [5.74, 6) is -1.42. The van der Waals surface area contributed by atoms with Gasteiger partial charge in [-0.15, -0.1) is 0 Å². The first-order valence-electron chi connectivity index (χ1n) is 10.2. The number of ether oxygens (including phenoxy) is 1. The maximum atomic E-state index is 13.2. The van der Waals surface area contributed by atoms with E-state index in [1.165, 1.54) is 32.5 Å². The third kappa shape index (κ3) is 4.86. The lowest BCUT2D eigenvalue weighted by Crippen LogP contribution is -2.46. The van der Waals surface area contributed by atoms with Crippen LogP contribution in [0.15, 0.2) is 41.6 Å². The number of carbonyl (C=O) groups excluding carboxylic acids is 1. The number of carbonyl (C=O) groups is 1. The Hall–Kier alpha value is -3.84. The number of pyridine rings is 2. The Kier molecular flexibility index (Phi) is 6.07. The number of hydrogen-bond acceptors (Lipinski definition) is 5. The predicted molar refractivity (Wildman–Crippen MR) is 108 cm³/mol. The summed E-state index contributed by atoms with van der Waals surface area (Å²) in [4.78, 5) is 33.7. The van der Waals surface area contributed by atoms with Crippen molar-refractivity contribution in [2.24, 2.45) is 0 Å². The Morgan fingerprint density at radius 1 is 1.00 bits per heavy atom. The van der Waals surface area contributed by atoms with Crippen LogP contribution in [-0.2, 0) is 18.9 Å². The van der Waals surface area contributed by atoms with Gasteiger partial charge < -0.3 is 18.8 Å². The molecule has 0 radical (unpaired) electrons. The number of halogens is 6. The van der Waals surface area contributed by atoms with Crippen molar-refractivity contribution in [3.05, 3.63) is 69.9 Å². The molecule has 0 spiro atoms. The number of alkyl halides is 6. The highest BCUT2D eigenvalue weighted by molar-refractivity contribution is 5.93. The van der Waals surface area contributed by atoms with E-state index >= 15 is 0 Å². The quantitative estimate of drug-likeness (QED) is 0.502. The van der Waals surface area contributed by atoms with Crippen LogP contribution >= 0.6 is 0 Å². The largest absolute Gasteiger partial charge is 0.489 e. The Bertz CT molecular complexity index is 1330. The SMILES string of the molecule is Cc1cn(-c2ccc3n(c2=O)CCN(CCOc2ccc(C(F)(F)F)nc2C(F)(F)F)C3=O)cn1. The van der Waals surface area contributed by atoms with Crippen LogP contribution < -0.4 is 10.3 Å². The minimum Gasteiger partial charge on any atom is -0.489 e. The lowest BCUT2D eigenvalue weighted by Gasteiger charge is -2.29. The van der Waals surface area contributed by atoms with Crippen LogP contribution in [0.1, 0.15) is 27.6 Å². The van der Waals surface area contributed by atoms with Crippen molar-refractivity contribution in [1.29, 1.82) is 0 Å². The van der Waals surface area contributed by atoms with Gasteiger partial charge in [-0.25, -0.2) is 9.97 Å². The van der Waals surface area contributed by atoms with Gasteiger partial charge in [-0.05, 0) is 31.2 Å². The highest BCUT2D eigenvalue weighted by Gasteiger charge is 2.41. The molecule has 3 aromatic rings. The normalized spacial score (nSPS) is 14.3. The molecule has 0 aliphatic carbocycles. The molecule has 0 atom stereocenters. The second kappa shape index (κ2) is 8.74. The molecule has 0 N–H and O–H groups in total. The lowest BCUT2D eigenvalue weighted by molar-refractivity contribution is -0.151. The first-order valence-corrected chi connectivity index (χ1v) is 10.2. The van der Waals surface area contributed by atoms with E-state index in [1.807, 2.05) is 0 Å². The van der Waals surface area contributed by atoms with Gasteiger partial charge >= 0.3 is 12.4 Å². The van der Waals surface area contributed by atoms with Crippen LogP contribution in [0.4, 0.5) is 26.3 Å². The summed E-state index contributed by atoms with van der Waals surface area (Å²) >= 11 is 0. The smallest absolute Gasteiger partial charge is 0.437 e. The van der Waals surface area contributed by atoms with Gasteiger partial charge in [0.1, 0.15) is 29.4 Å². The minimum absolute atomic E-state index is 0.0822. The fourth-order valence-corrected chi connectivity index (χ4v) is 3.61. The monoisotopic (exact) mass is 501 g/mol. The van der Waals surface area contributed by atoms with Crippen molar-refractivity contribution in [2.75, 3.05) is 19.7 Å². The van der Waals surface area contributed by atoms with Crippen LogP contribution in [0.3, 0.4) is 0 Å². The van der Waals surface area contributed by atoms with E-state index in [0.717, 1.165) is 0 Å². The van der Waals surface area contributed by atoms with Gasteiger partial charge in [0, 0.05) is 19.3 Å². The van der Waals surface area contributed by atoms with E-state index in [4.69, 9.17) is 4.74 Å². The summed E-state index contributed by atoms with van der Waals surface area (Å²) in [5, 5.41) is 0. The van der Waals surface area contributed by atoms with Gasteiger partial charge in [0.25, 0.3) is 11.5 Å². The number of hydrogen-bond donors (Lipinski definition) is 0. The number of nitrogens with zero attached hydrogens (tertiary/aromatic N) is 5. The molecule has 4 rings (SSSR count). The summed E-state index contributed by atoms with van der Waals surface area (Å²) in [6.07, 6.45) is -7.11. The third-order valence-electron chi connectivity index (χ3n) is 5.28. The molecule has 0 saturated heterocycles. The summed E-state index contributed by atoms with van der Waals surface area (Å²) in [6.45, 7) is 1.39. The summed E-state index contributed by atoms with van der Waals surface area (Å²) in [5.41, 5.74) is -2.82. The fraction of sp³-hybridized carbons (Fsp3) is 0.333. The molecule has 0 fully saturated rings. The molecule has 0 bridgehead atoms. The second-order valence-electron chi connectivity index (χ2n) is 7.66. The zero-order valence-corrected chi connectivity index (χ0v) is 18.0. The highest BCUT2D eigenvalue weighted by atomic mass is 19.4. The van der Waals surface area contributed by atoms with Crippen LogP contribution in [0.5, 0.6) is 5.75 Å². The molecule has 186 valence electrons.